The van der Waals surface area contributed by atoms with E-state index in [2.05, 4.69) is 25.3 Å². The molecule has 13 heavy (non-hydrogen) atoms. The van der Waals surface area contributed by atoms with E-state index in [4.69, 9.17) is 5.11 Å². The van der Waals surface area contributed by atoms with Gasteiger partial charge in [-0.25, -0.2) is 4.79 Å². The standard InChI is InChI=1S/C10H17NO2/c1-7-4-9(3)11(5-7)6-8(2)10(12)13/h7,9H,2,4-6H2,1,3H3,(H,12,13). The zero-order valence-corrected chi connectivity index (χ0v) is 8.29. The summed E-state index contributed by atoms with van der Waals surface area (Å²) in [5.74, 6) is -0.205. The number of hydrogen-bond acceptors (Lipinski definition) is 2. The molecule has 0 radical (unpaired) electrons. The second-order valence-electron chi connectivity index (χ2n) is 4.03. The highest BCUT2D eigenvalue weighted by molar-refractivity contribution is 5.86. The molecule has 0 aromatic rings. The molecule has 1 N–H and O–H groups in total. The van der Waals surface area contributed by atoms with Gasteiger partial charge in [0.1, 0.15) is 0 Å². The van der Waals surface area contributed by atoms with Crippen LogP contribution in [0.4, 0.5) is 0 Å². The number of rotatable bonds is 3. The zero-order valence-electron chi connectivity index (χ0n) is 8.29. The zero-order chi connectivity index (χ0) is 10.0. The van der Waals surface area contributed by atoms with Crippen LogP contribution in [0.3, 0.4) is 0 Å². The van der Waals surface area contributed by atoms with E-state index >= 15 is 0 Å². The topological polar surface area (TPSA) is 40.5 Å². The summed E-state index contributed by atoms with van der Waals surface area (Å²) in [6.45, 7) is 9.36. The minimum absolute atomic E-state index is 0.293. The molecule has 3 nitrogen and oxygen atoms in total. The molecule has 0 saturated carbocycles. The molecular formula is C10H17NO2. The van der Waals surface area contributed by atoms with Crippen molar-refractivity contribution in [3.63, 3.8) is 0 Å². The smallest absolute Gasteiger partial charge is 0.332 e. The molecular weight excluding hydrogens is 166 g/mol. The van der Waals surface area contributed by atoms with Crippen LogP contribution in [0, 0.1) is 5.92 Å². The lowest BCUT2D eigenvalue weighted by atomic mass is 10.1. The average Bonchev–Trinajstić information content (AvgIpc) is 2.30. The van der Waals surface area contributed by atoms with Crippen molar-refractivity contribution in [3.8, 4) is 0 Å². The predicted molar refractivity (Wildman–Crippen MR) is 51.6 cm³/mol. The molecule has 0 bridgehead atoms. The SMILES string of the molecule is C=C(CN1CC(C)CC1C)C(=O)O. The molecule has 1 rings (SSSR count). The minimum atomic E-state index is -0.883. The van der Waals surface area contributed by atoms with Gasteiger partial charge in [-0.15, -0.1) is 0 Å². The van der Waals surface area contributed by atoms with Gasteiger partial charge in [0.25, 0.3) is 0 Å². The van der Waals surface area contributed by atoms with Gasteiger partial charge >= 0.3 is 5.97 Å². The van der Waals surface area contributed by atoms with Gasteiger partial charge in [-0.3, -0.25) is 4.90 Å². The number of nitrogens with zero attached hydrogens (tertiary/aromatic N) is 1. The number of likely N-dealkylation sites (tertiary alicyclic amines) is 1. The Morgan fingerprint density at radius 3 is 2.62 bits per heavy atom. The van der Waals surface area contributed by atoms with Gasteiger partial charge < -0.3 is 5.11 Å². The van der Waals surface area contributed by atoms with Crippen molar-refractivity contribution in [2.75, 3.05) is 13.1 Å². The summed E-state index contributed by atoms with van der Waals surface area (Å²) in [6.07, 6.45) is 1.16. The number of hydrogen-bond donors (Lipinski definition) is 1. The van der Waals surface area contributed by atoms with E-state index < -0.39 is 5.97 Å². The molecule has 0 spiro atoms. The maximum atomic E-state index is 10.5. The summed E-state index contributed by atoms with van der Waals surface area (Å²) in [6, 6.07) is 0.492. The molecule has 74 valence electrons. The first-order valence-corrected chi connectivity index (χ1v) is 4.65. The highest BCUT2D eigenvalue weighted by atomic mass is 16.4. The molecule has 3 heteroatoms. The monoisotopic (exact) mass is 183 g/mol. The van der Waals surface area contributed by atoms with Crippen LogP contribution in [0.15, 0.2) is 12.2 Å². The Balaban J connectivity index is 2.46. The number of carboxylic acids is 1. The van der Waals surface area contributed by atoms with E-state index in [0.29, 0.717) is 24.1 Å². The average molecular weight is 183 g/mol. The van der Waals surface area contributed by atoms with Gasteiger partial charge in [0.15, 0.2) is 0 Å². The van der Waals surface area contributed by atoms with Gasteiger partial charge in [-0.2, -0.15) is 0 Å². The molecule has 2 unspecified atom stereocenters. The van der Waals surface area contributed by atoms with Gasteiger partial charge in [0, 0.05) is 24.7 Å². The summed E-state index contributed by atoms with van der Waals surface area (Å²) >= 11 is 0. The summed E-state index contributed by atoms with van der Waals surface area (Å²) in [7, 11) is 0. The Morgan fingerprint density at radius 1 is 1.62 bits per heavy atom. The fraction of sp³-hybridized carbons (Fsp3) is 0.700. The maximum absolute atomic E-state index is 10.5. The molecule has 0 aromatic heterocycles. The predicted octanol–water partition coefficient (Wildman–Crippen LogP) is 1.36. The van der Waals surface area contributed by atoms with E-state index in [9.17, 15) is 4.79 Å². The van der Waals surface area contributed by atoms with Crippen molar-refractivity contribution in [3.05, 3.63) is 12.2 Å². The molecule has 2 atom stereocenters. The van der Waals surface area contributed by atoms with Crippen LogP contribution in [-0.4, -0.2) is 35.1 Å². The largest absolute Gasteiger partial charge is 0.478 e. The first-order valence-electron chi connectivity index (χ1n) is 4.65. The Morgan fingerprint density at radius 2 is 2.23 bits per heavy atom. The van der Waals surface area contributed by atoms with Crippen LogP contribution in [-0.2, 0) is 4.79 Å². The van der Waals surface area contributed by atoms with Crippen molar-refractivity contribution in [2.45, 2.75) is 26.3 Å². The summed E-state index contributed by atoms with van der Waals surface area (Å²) < 4.78 is 0. The molecule has 1 aliphatic rings. The normalized spacial score (nSPS) is 29.1. The second-order valence-corrected chi connectivity index (χ2v) is 4.03. The van der Waals surface area contributed by atoms with Gasteiger partial charge in [0.2, 0.25) is 0 Å². The van der Waals surface area contributed by atoms with E-state index in [0.717, 1.165) is 13.0 Å². The third kappa shape index (κ3) is 2.56. The third-order valence-corrected chi connectivity index (χ3v) is 2.61. The Hall–Kier alpha value is -0.830. The number of carboxylic acid groups (broad SMARTS) is 1. The Labute approximate surface area is 79.0 Å². The Bertz CT molecular complexity index is 225. The van der Waals surface area contributed by atoms with E-state index in [-0.39, 0.29) is 0 Å². The van der Waals surface area contributed by atoms with Crippen molar-refractivity contribution in [1.82, 2.24) is 4.90 Å². The summed E-state index contributed by atoms with van der Waals surface area (Å²) in [4.78, 5) is 12.7. The molecule has 1 saturated heterocycles. The highest BCUT2D eigenvalue weighted by Gasteiger charge is 2.26. The van der Waals surface area contributed by atoms with Crippen LogP contribution >= 0.6 is 0 Å². The van der Waals surface area contributed by atoms with Crippen LogP contribution in [0.25, 0.3) is 0 Å². The number of aliphatic carboxylic acids is 1. The Kier molecular flexibility index (Phi) is 3.09. The summed E-state index contributed by atoms with van der Waals surface area (Å²) in [5, 5.41) is 8.67. The lowest BCUT2D eigenvalue weighted by Gasteiger charge is -2.20. The second kappa shape index (κ2) is 3.92. The molecule has 1 fully saturated rings. The molecule has 0 amide bonds. The highest BCUT2D eigenvalue weighted by Crippen LogP contribution is 2.22. The van der Waals surface area contributed by atoms with Crippen LogP contribution in [0.1, 0.15) is 20.3 Å². The molecule has 0 aliphatic carbocycles. The van der Waals surface area contributed by atoms with E-state index in [1.807, 2.05) is 0 Å². The number of carbonyl (C=O) groups is 1. The fourth-order valence-electron chi connectivity index (χ4n) is 1.92. The van der Waals surface area contributed by atoms with Crippen LogP contribution < -0.4 is 0 Å². The molecule has 1 heterocycles. The van der Waals surface area contributed by atoms with Crippen LogP contribution in [0.2, 0.25) is 0 Å². The minimum Gasteiger partial charge on any atom is -0.478 e. The molecule has 1 aliphatic heterocycles. The first-order chi connectivity index (χ1) is 6.00. The van der Waals surface area contributed by atoms with Gasteiger partial charge in [-0.1, -0.05) is 13.5 Å². The maximum Gasteiger partial charge on any atom is 0.332 e. The lowest BCUT2D eigenvalue weighted by Crippen LogP contribution is -2.30. The molecule has 0 aromatic carbocycles. The fourth-order valence-corrected chi connectivity index (χ4v) is 1.92. The quantitative estimate of drug-likeness (QED) is 0.671. The van der Waals surface area contributed by atoms with E-state index in [1.165, 1.54) is 0 Å². The van der Waals surface area contributed by atoms with Crippen molar-refractivity contribution >= 4 is 5.97 Å². The van der Waals surface area contributed by atoms with Gasteiger partial charge in [0.05, 0.1) is 0 Å². The van der Waals surface area contributed by atoms with Crippen LogP contribution in [0.5, 0.6) is 0 Å². The first kappa shape index (κ1) is 10.3. The van der Waals surface area contributed by atoms with Crippen molar-refractivity contribution < 1.29 is 9.90 Å². The third-order valence-electron chi connectivity index (χ3n) is 2.61. The van der Waals surface area contributed by atoms with Crippen molar-refractivity contribution in [1.29, 1.82) is 0 Å². The van der Waals surface area contributed by atoms with E-state index in [1.54, 1.807) is 0 Å². The van der Waals surface area contributed by atoms with Gasteiger partial charge in [-0.05, 0) is 19.3 Å². The lowest BCUT2D eigenvalue weighted by molar-refractivity contribution is -0.132. The summed E-state index contributed by atoms with van der Waals surface area (Å²) in [5.41, 5.74) is 0.293. The van der Waals surface area contributed by atoms with Crippen molar-refractivity contribution in [2.24, 2.45) is 5.92 Å².